The van der Waals surface area contributed by atoms with E-state index in [1.165, 1.54) is 13.2 Å². The first-order valence-electron chi connectivity index (χ1n) is 6.51. The Hall–Kier alpha value is -0.870. The highest BCUT2D eigenvalue weighted by Crippen LogP contribution is 2.40. The summed E-state index contributed by atoms with van der Waals surface area (Å²) in [6, 6.07) is 0. The molecule has 0 aliphatic rings. The summed E-state index contributed by atoms with van der Waals surface area (Å²) < 4.78 is 4.57. The molecule has 0 aromatic heterocycles. The average molecular weight is 256 g/mol. The molecule has 0 aromatic rings. The monoisotopic (exact) mass is 256 g/mol. The number of rotatable bonds is 7. The highest BCUT2D eigenvalue weighted by atomic mass is 16.5. The first kappa shape index (κ1) is 17.1. The van der Waals surface area contributed by atoms with Gasteiger partial charge in [0, 0.05) is 11.5 Å². The lowest BCUT2D eigenvalue weighted by Crippen LogP contribution is -2.61. The minimum absolute atomic E-state index is 0.256. The molecule has 0 spiro atoms. The highest BCUT2D eigenvalue weighted by molar-refractivity contribution is 5.81. The molecule has 0 saturated carbocycles. The Morgan fingerprint density at radius 1 is 1.39 bits per heavy atom. The van der Waals surface area contributed by atoms with Crippen LogP contribution < -0.4 is 11.5 Å². The Kier molecular flexibility index (Phi) is 6.57. The van der Waals surface area contributed by atoms with Crippen LogP contribution in [0.25, 0.3) is 0 Å². The molecule has 106 valence electrons. The molecule has 4 N–H and O–H groups in total. The number of hydrogen-bond donors (Lipinski definition) is 2. The van der Waals surface area contributed by atoms with E-state index < -0.39 is 5.66 Å². The average Bonchev–Trinajstić information content (AvgIpc) is 2.27. The van der Waals surface area contributed by atoms with Gasteiger partial charge in [-0.1, -0.05) is 39.7 Å². The molecule has 0 heterocycles. The van der Waals surface area contributed by atoms with Crippen molar-refractivity contribution in [2.45, 2.75) is 52.6 Å². The lowest BCUT2D eigenvalue weighted by atomic mass is 9.66. The van der Waals surface area contributed by atoms with Gasteiger partial charge in [0.05, 0.1) is 12.8 Å². The van der Waals surface area contributed by atoms with E-state index in [1.807, 2.05) is 6.92 Å². The van der Waals surface area contributed by atoms with Crippen molar-refractivity contribution in [3.8, 4) is 0 Å². The summed E-state index contributed by atoms with van der Waals surface area (Å²) in [5.74, 6) is 0.0287. The minimum Gasteiger partial charge on any atom is -0.466 e. The van der Waals surface area contributed by atoms with Gasteiger partial charge >= 0.3 is 5.97 Å². The van der Waals surface area contributed by atoms with Crippen LogP contribution in [0.2, 0.25) is 0 Å². The van der Waals surface area contributed by atoms with Crippen LogP contribution in [0.5, 0.6) is 0 Å². The van der Waals surface area contributed by atoms with Crippen molar-refractivity contribution in [3.05, 3.63) is 12.2 Å². The fraction of sp³-hybridized carbons (Fsp3) is 0.786. The van der Waals surface area contributed by atoms with Crippen molar-refractivity contribution in [3.63, 3.8) is 0 Å². The Balaban J connectivity index is 4.90. The number of nitrogens with two attached hydrogens (primary N) is 2. The number of carbonyl (C=O) groups is 1. The van der Waals surface area contributed by atoms with Gasteiger partial charge in [-0.05, 0) is 19.3 Å². The molecular formula is C14H28N2O2. The molecule has 0 aliphatic heterocycles. The molecular weight excluding hydrogens is 228 g/mol. The van der Waals surface area contributed by atoms with Crippen LogP contribution in [0.4, 0.5) is 0 Å². The molecule has 18 heavy (non-hydrogen) atoms. The van der Waals surface area contributed by atoms with Crippen LogP contribution in [-0.4, -0.2) is 18.7 Å². The predicted molar refractivity (Wildman–Crippen MR) is 74.7 cm³/mol. The maximum atomic E-state index is 11.1. The van der Waals surface area contributed by atoms with Gasteiger partial charge in [0.25, 0.3) is 0 Å². The second kappa shape index (κ2) is 6.90. The highest BCUT2D eigenvalue weighted by Gasteiger charge is 2.41. The zero-order valence-corrected chi connectivity index (χ0v) is 12.3. The van der Waals surface area contributed by atoms with Crippen LogP contribution >= 0.6 is 0 Å². The number of methoxy groups -OCH3 is 1. The van der Waals surface area contributed by atoms with Crippen LogP contribution in [0.3, 0.4) is 0 Å². The summed E-state index contributed by atoms with van der Waals surface area (Å²) in [6.45, 7) is 8.22. The van der Waals surface area contributed by atoms with Crippen molar-refractivity contribution in [1.29, 1.82) is 0 Å². The molecule has 0 amide bonds. The van der Waals surface area contributed by atoms with Crippen molar-refractivity contribution in [2.24, 2.45) is 22.8 Å². The van der Waals surface area contributed by atoms with Gasteiger partial charge in [-0.15, -0.1) is 0 Å². The van der Waals surface area contributed by atoms with E-state index in [2.05, 4.69) is 25.5 Å². The van der Waals surface area contributed by atoms with E-state index in [-0.39, 0.29) is 11.4 Å². The number of hydrogen-bond acceptors (Lipinski definition) is 4. The summed E-state index contributed by atoms with van der Waals surface area (Å²) in [6.07, 6.45) is 6.05. The van der Waals surface area contributed by atoms with Gasteiger partial charge in [0.15, 0.2) is 0 Å². The lowest BCUT2D eigenvalue weighted by molar-refractivity contribution is -0.134. The molecule has 0 aliphatic carbocycles. The fourth-order valence-electron chi connectivity index (χ4n) is 2.17. The molecule has 0 bridgehead atoms. The molecule has 0 rings (SSSR count). The number of allylic oxidation sites excluding steroid dienone is 1. The van der Waals surface area contributed by atoms with E-state index in [4.69, 9.17) is 11.5 Å². The SMILES string of the molecule is CCCC(C)C(C)(CC=CC(=O)OC)C(C)(N)N. The van der Waals surface area contributed by atoms with Gasteiger partial charge < -0.3 is 16.2 Å². The zero-order valence-electron chi connectivity index (χ0n) is 12.3. The standard InChI is InChI=1S/C14H28N2O2/c1-6-8-11(2)13(3,14(4,15)16)10-7-9-12(17)18-5/h7,9,11H,6,8,10,15-16H2,1-5H3. The molecule has 0 aromatic carbocycles. The third-order valence-corrected chi connectivity index (χ3v) is 4.04. The Bertz CT molecular complexity index is 295. The van der Waals surface area contributed by atoms with Crippen molar-refractivity contribution in [2.75, 3.05) is 7.11 Å². The Morgan fingerprint density at radius 3 is 2.33 bits per heavy atom. The summed E-state index contributed by atoms with van der Waals surface area (Å²) >= 11 is 0. The molecule has 4 nitrogen and oxygen atoms in total. The van der Waals surface area contributed by atoms with E-state index in [1.54, 1.807) is 6.08 Å². The van der Waals surface area contributed by atoms with E-state index in [0.717, 1.165) is 12.8 Å². The zero-order chi connectivity index (χ0) is 14.4. The molecule has 0 radical (unpaired) electrons. The molecule has 2 unspecified atom stereocenters. The normalized spacial score (nSPS) is 17.5. The maximum absolute atomic E-state index is 11.1. The summed E-state index contributed by atoms with van der Waals surface area (Å²) in [5.41, 5.74) is 11.2. The van der Waals surface area contributed by atoms with Crippen LogP contribution in [-0.2, 0) is 9.53 Å². The smallest absolute Gasteiger partial charge is 0.330 e. The topological polar surface area (TPSA) is 78.3 Å². The predicted octanol–water partition coefficient (Wildman–Crippen LogP) is 2.18. The van der Waals surface area contributed by atoms with Gasteiger partial charge in [-0.2, -0.15) is 0 Å². The van der Waals surface area contributed by atoms with Crippen LogP contribution in [0, 0.1) is 11.3 Å². The van der Waals surface area contributed by atoms with Crippen molar-refractivity contribution in [1.82, 2.24) is 0 Å². The third kappa shape index (κ3) is 4.42. The summed E-state index contributed by atoms with van der Waals surface area (Å²) in [4.78, 5) is 11.1. The molecule has 0 fully saturated rings. The van der Waals surface area contributed by atoms with Crippen LogP contribution in [0.1, 0.15) is 47.0 Å². The second-order valence-corrected chi connectivity index (χ2v) is 5.52. The number of ether oxygens (including phenoxy) is 1. The third-order valence-electron chi connectivity index (χ3n) is 4.04. The van der Waals surface area contributed by atoms with Crippen molar-refractivity contribution >= 4 is 5.97 Å². The Labute approximate surface area is 111 Å². The van der Waals surface area contributed by atoms with Gasteiger partial charge in [0.2, 0.25) is 0 Å². The number of esters is 1. The largest absolute Gasteiger partial charge is 0.466 e. The second-order valence-electron chi connectivity index (χ2n) is 5.52. The Morgan fingerprint density at radius 2 is 1.94 bits per heavy atom. The fourth-order valence-corrected chi connectivity index (χ4v) is 2.17. The van der Waals surface area contributed by atoms with Crippen molar-refractivity contribution < 1.29 is 9.53 Å². The summed E-state index contributed by atoms with van der Waals surface area (Å²) in [5, 5.41) is 0. The maximum Gasteiger partial charge on any atom is 0.330 e. The molecule has 0 saturated heterocycles. The van der Waals surface area contributed by atoms with E-state index >= 15 is 0 Å². The first-order valence-corrected chi connectivity index (χ1v) is 6.51. The molecule has 2 atom stereocenters. The summed E-state index contributed by atoms with van der Waals surface area (Å²) in [7, 11) is 1.36. The minimum atomic E-state index is -0.790. The van der Waals surface area contributed by atoms with E-state index in [9.17, 15) is 4.79 Å². The quantitative estimate of drug-likeness (QED) is 0.416. The van der Waals surface area contributed by atoms with Crippen LogP contribution in [0.15, 0.2) is 12.2 Å². The number of carbonyl (C=O) groups excluding carboxylic acids is 1. The molecule has 4 heteroatoms. The lowest BCUT2D eigenvalue weighted by Gasteiger charge is -2.45. The van der Waals surface area contributed by atoms with Gasteiger partial charge in [0.1, 0.15) is 0 Å². The van der Waals surface area contributed by atoms with E-state index in [0.29, 0.717) is 12.3 Å². The van der Waals surface area contributed by atoms with Gasteiger partial charge in [-0.3, -0.25) is 0 Å². The van der Waals surface area contributed by atoms with Gasteiger partial charge in [-0.25, -0.2) is 4.79 Å². The first-order chi connectivity index (χ1) is 8.19.